The fraction of sp³-hybridized carbons (Fsp3) is 0.0312. The smallest absolute Gasteiger partial charge is 0.344 e. The van der Waals surface area contributed by atoms with Crippen LogP contribution in [0.25, 0.3) is 27.6 Å². The molecule has 0 saturated carbocycles. The molecule has 5 aromatic rings. The van der Waals surface area contributed by atoms with Crippen LogP contribution >= 0.6 is 27.7 Å². The largest absolute Gasteiger partial charge is 0.422 e. The second kappa shape index (κ2) is 10.5. The number of fused-ring (bicyclic) bond motifs is 2. The Bertz CT molecular complexity index is 1820. The van der Waals surface area contributed by atoms with Crippen LogP contribution in [-0.2, 0) is 11.3 Å². The van der Waals surface area contributed by atoms with Gasteiger partial charge < -0.3 is 4.74 Å². The van der Waals surface area contributed by atoms with E-state index in [1.807, 2.05) is 78.9 Å². The van der Waals surface area contributed by atoms with Crippen LogP contribution in [0.15, 0.2) is 113 Å². The number of ether oxygens (including phenoxy) is 1. The van der Waals surface area contributed by atoms with Crippen LogP contribution in [-0.4, -0.2) is 22.0 Å². The fourth-order valence-electron chi connectivity index (χ4n) is 4.64. The van der Waals surface area contributed by atoms with E-state index in [1.54, 1.807) is 30.3 Å². The zero-order chi connectivity index (χ0) is 26.9. The highest BCUT2D eigenvalue weighted by atomic mass is 79.9. The van der Waals surface area contributed by atoms with Crippen molar-refractivity contribution in [3.05, 3.63) is 129 Å². The van der Waals surface area contributed by atoms with E-state index >= 15 is 0 Å². The van der Waals surface area contributed by atoms with Gasteiger partial charge in [0.1, 0.15) is 5.75 Å². The number of carbonyl (C=O) groups excluding carboxylic acids is 3. The lowest BCUT2D eigenvalue weighted by Gasteiger charge is -2.14. The van der Waals surface area contributed by atoms with Gasteiger partial charge in [0.15, 0.2) is 0 Å². The highest BCUT2D eigenvalue weighted by Crippen LogP contribution is 2.36. The van der Waals surface area contributed by atoms with Crippen molar-refractivity contribution in [2.75, 3.05) is 0 Å². The number of imide groups is 1. The normalized spacial score (nSPS) is 14.5. The average Bonchev–Trinajstić information content (AvgIpc) is 3.21. The summed E-state index contributed by atoms with van der Waals surface area (Å²) in [5, 5.41) is 3.54. The second-order valence-corrected chi connectivity index (χ2v) is 10.9. The Hall–Kier alpha value is -4.20. The van der Waals surface area contributed by atoms with Crippen LogP contribution in [0.3, 0.4) is 0 Å². The lowest BCUT2D eigenvalue weighted by Crippen LogP contribution is -2.27. The lowest BCUT2D eigenvalue weighted by molar-refractivity contribution is -0.123. The number of benzene rings is 5. The highest BCUT2D eigenvalue weighted by molar-refractivity contribution is 9.10. The highest BCUT2D eigenvalue weighted by Gasteiger charge is 2.35. The van der Waals surface area contributed by atoms with Crippen LogP contribution in [0.5, 0.6) is 5.75 Å². The van der Waals surface area contributed by atoms with Crippen molar-refractivity contribution in [1.82, 2.24) is 4.90 Å². The molecule has 190 valence electrons. The number of hydrogen-bond donors (Lipinski definition) is 0. The van der Waals surface area contributed by atoms with Gasteiger partial charge in [-0.15, -0.1) is 0 Å². The van der Waals surface area contributed by atoms with Gasteiger partial charge >= 0.3 is 5.97 Å². The maximum atomic E-state index is 13.2. The second-order valence-electron chi connectivity index (χ2n) is 9.01. The van der Waals surface area contributed by atoms with Gasteiger partial charge in [0, 0.05) is 0 Å². The predicted octanol–water partition coefficient (Wildman–Crippen LogP) is 8.21. The molecule has 6 rings (SSSR count). The molecule has 39 heavy (non-hydrogen) atoms. The monoisotopic (exact) mass is 593 g/mol. The van der Waals surface area contributed by atoms with Gasteiger partial charge in [0.25, 0.3) is 11.1 Å². The Balaban J connectivity index is 1.20. The molecule has 0 aromatic heterocycles. The molecule has 0 spiro atoms. The Kier molecular flexibility index (Phi) is 6.77. The summed E-state index contributed by atoms with van der Waals surface area (Å²) in [6.07, 6.45) is 1.68. The third-order valence-corrected chi connectivity index (χ3v) is 8.07. The summed E-state index contributed by atoms with van der Waals surface area (Å²) in [4.78, 5) is 40.5. The van der Waals surface area contributed by atoms with Gasteiger partial charge in [-0.3, -0.25) is 14.5 Å². The van der Waals surface area contributed by atoms with Gasteiger partial charge in [-0.25, -0.2) is 4.79 Å². The van der Waals surface area contributed by atoms with Gasteiger partial charge in [-0.05, 0) is 84.6 Å². The number of amides is 2. The molecule has 2 amide bonds. The number of esters is 1. The van der Waals surface area contributed by atoms with E-state index < -0.39 is 5.97 Å². The van der Waals surface area contributed by atoms with Crippen LogP contribution < -0.4 is 4.74 Å². The number of halogens is 1. The summed E-state index contributed by atoms with van der Waals surface area (Å²) in [5.41, 5.74) is 2.09. The average molecular weight is 594 g/mol. The summed E-state index contributed by atoms with van der Waals surface area (Å²) in [6.45, 7) is 0.204. The molecule has 7 heteroatoms. The summed E-state index contributed by atoms with van der Waals surface area (Å²) in [5.74, 6) is -0.440. The van der Waals surface area contributed by atoms with Gasteiger partial charge in [0.2, 0.25) is 0 Å². The quantitative estimate of drug-likeness (QED) is 0.117. The summed E-state index contributed by atoms with van der Waals surface area (Å²) < 4.78 is 6.24. The molecular formula is C32H20BrNO4S. The summed E-state index contributed by atoms with van der Waals surface area (Å²) in [6, 6.07) is 32.1. The molecule has 1 aliphatic rings. The van der Waals surface area contributed by atoms with E-state index in [1.165, 1.54) is 4.90 Å². The molecule has 1 heterocycles. The molecule has 0 bridgehead atoms. The third kappa shape index (κ3) is 4.99. The standard InChI is InChI=1S/C32H20BrNO4S/c33-27-17-20(15-16-28(27)38-31(36)26-14-6-10-22-8-2-4-13-25(22)26)18-29-30(35)34(32(37)39-29)19-23-11-5-9-21-7-1-3-12-24(21)23/h1-18H,19H2/b29-18-. The van der Waals surface area contributed by atoms with E-state index in [9.17, 15) is 14.4 Å². The van der Waals surface area contributed by atoms with Crippen molar-refractivity contribution in [3.8, 4) is 5.75 Å². The van der Waals surface area contributed by atoms with Crippen molar-refractivity contribution < 1.29 is 19.1 Å². The first-order chi connectivity index (χ1) is 19.0. The molecule has 0 unspecified atom stereocenters. The minimum atomic E-state index is -0.463. The first kappa shape index (κ1) is 25.1. The number of carbonyl (C=O) groups is 3. The molecule has 0 aliphatic carbocycles. The Morgan fingerprint density at radius 1 is 0.821 bits per heavy atom. The van der Waals surface area contributed by atoms with Crippen molar-refractivity contribution in [2.45, 2.75) is 6.54 Å². The van der Waals surface area contributed by atoms with E-state index in [0.717, 1.165) is 38.9 Å². The van der Waals surface area contributed by atoms with Crippen LogP contribution in [0.2, 0.25) is 0 Å². The zero-order valence-electron chi connectivity index (χ0n) is 20.5. The van der Waals surface area contributed by atoms with E-state index in [0.29, 0.717) is 26.3 Å². The topological polar surface area (TPSA) is 63.7 Å². The molecule has 1 aliphatic heterocycles. The molecule has 5 nitrogen and oxygen atoms in total. The maximum absolute atomic E-state index is 13.2. The van der Waals surface area contributed by atoms with Crippen molar-refractivity contribution in [3.63, 3.8) is 0 Å². The van der Waals surface area contributed by atoms with Crippen molar-refractivity contribution >= 4 is 72.4 Å². The van der Waals surface area contributed by atoms with Gasteiger partial charge in [0.05, 0.1) is 21.5 Å². The number of thioether (sulfide) groups is 1. The molecule has 5 aromatic carbocycles. The number of nitrogens with zero attached hydrogens (tertiary/aromatic N) is 1. The Labute approximate surface area is 237 Å². The van der Waals surface area contributed by atoms with Crippen LogP contribution in [0, 0.1) is 0 Å². The molecule has 1 fully saturated rings. The molecule has 0 atom stereocenters. The van der Waals surface area contributed by atoms with Crippen molar-refractivity contribution in [2.24, 2.45) is 0 Å². The molecular weight excluding hydrogens is 574 g/mol. The Morgan fingerprint density at radius 2 is 1.49 bits per heavy atom. The summed E-state index contributed by atoms with van der Waals surface area (Å²) >= 11 is 4.40. The number of rotatable bonds is 5. The van der Waals surface area contributed by atoms with Crippen molar-refractivity contribution in [1.29, 1.82) is 0 Å². The Morgan fingerprint density at radius 3 is 2.26 bits per heavy atom. The first-order valence-corrected chi connectivity index (χ1v) is 13.8. The summed E-state index contributed by atoms with van der Waals surface area (Å²) in [7, 11) is 0. The third-order valence-electron chi connectivity index (χ3n) is 6.55. The van der Waals surface area contributed by atoms with Gasteiger partial charge in [-0.2, -0.15) is 0 Å². The molecule has 0 N–H and O–H groups in total. The predicted molar refractivity (Wildman–Crippen MR) is 159 cm³/mol. The van der Waals surface area contributed by atoms with E-state index in [-0.39, 0.29) is 17.7 Å². The van der Waals surface area contributed by atoms with E-state index in [2.05, 4.69) is 15.9 Å². The first-order valence-electron chi connectivity index (χ1n) is 12.2. The number of hydrogen-bond acceptors (Lipinski definition) is 5. The molecule has 1 saturated heterocycles. The fourth-order valence-corrected chi connectivity index (χ4v) is 5.95. The zero-order valence-corrected chi connectivity index (χ0v) is 22.9. The van der Waals surface area contributed by atoms with E-state index in [4.69, 9.17) is 4.74 Å². The maximum Gasteiger partial charge on any atom is 0.344 e. The minimum absolute atomic E-state index is 0.204. The van der Waals surface area contributed by atoms with Gasteiger partial charge in [-0.1, -0.05) is 84.9 Å². The van der Waals surface area contributed by atoms with Crippen LogP contribution in [0.1, 0.15) is 21.5 Å². The van der Waals surface area contributed by atoms with Crippen LogP contribution in [0.4, 0.5) is 4.79 Å². The minimum Gasteiger partial charge on any atom is -0.422 e. The SMILES string of the molecule is O=C(Oc1ccc(/C=C2\SC(=O)N(Cc3cccc4ccccc34)C2=O)cc1Br)c1cccc2ccccc12. The molecule has 0 radical (unpaired) electrons. The lowest BCUT2D eigenvalue weighted by atomic mass is 10.0.